The van der Waals surface area contributed by atoms with Crippen LogP contribution >= 0.6 is 15.9 Å². The molecule has 0 atom stereocenters. The van der Waals surface area contributed by atoms with E-state index >= 15 is 0 Å². The van der Waals surface area contributed by atoms with E-state index in [1.165, 1.54) is 18.2 Å². The van der Waals surface area contributed by atoms with Crippen molar-refractivity contribution in [1.29, 1.82) is 5.26 Å². The number of alkyl halides is 3. The maximum Gasteiger partial charge on any atom is 0.416 e. The topological polar surface area (TPSA) is 49.4 Å². The quantitative estimate of drug-likeness (QED) is 0.650. The first kappa shape index (κ1) is 18.5. The van der Waals surface area contributed by atoms with Crippen LogP contribution in [0.2, 0.25) is 0 Å². The standard InChI is InChI=1S/C18H14BrF3N2O2/c19-16-10-15(26-17(16)24-5-7-25-8-6-24)9-13(11-23)12-1-3-14(4-2-12)18(20,21)22/h1-4,9-10H,5-8H2/b13-9-. The van der Waals surface area contributed by atoms with Crippen LogP contribution in [-0.2, 0) is 10.9 Å². The molecule has 1 aliphatic heterocycles. The minimum absolute atomic E-state index is 0.216. The molecule has 2 heterocycles. The van der Waals surface area contributed by atoms with Crippen molar-refractivity contribution in [3.05, 3.63) is 51.7 Å². The molecule has 26 heavy (non-hydrogen) atoms. The van der Waals surface area contributed by atoms with Crippen LogP contribution in [0.1, 0.15) is 16.9 Å². The van der Waals surface area contributed by atoms with Crippen LogP contribution in [0.25, 0.3) is 11.6 Å². The molecule has 1 aliphatic rings. The monoisotopic (exact) mass is 426 g/mol. The normalized spacial score (nSPS) is 15.8. The van der Waals surface area contributed by atoms with E-state index in [-0.39, 0.29) is 5.57 Å². The lowest BCUT2D eigenvalue weighted by Gasteiger charge is -2.26. The molecule has 0 spiro atoms. The van der Waals surface area contributed by atoms with Gasteiger partial charge in [0.15, 0.2) is 0 Å². The summed E-state index contributed by atoms with van der Waals surface area (Å²) in [5.41, 5.74) is -0.150. The van der Waals surface area contributed by atoms with Crippen LogP contribution in [0.15, 0.2) is 39.2 Å². The number of ether oxygens (including phenoxy) is 1. The minimum Gasteiger partial charge on any atom is -0.440 e. The van der Waals surface area contributed by atoms with Gasteiger partial charge in [-0.1, -0.05) is 12.1 Å². The van der Waals surface area contributed by atoms with E-state index in [9.17, 15) is 18.4 Å². The molecule has 4 nitrogen and oxygen atoms in total. The predicted octanol–water partition coefficient (Wildman–Crippen LogP) is 4.96. The number of nitriles is 1. The molecule has 1 aromatic heterocycles. The summed E-state index contributed by atoms with van der Waals surface area (Å²) in [7, 11) is 0. The van der Waals surface area contributed by atoms with Gasteiger partial charge in [-0.25, -0.2) is 0 Å². The van der Waals surface area contributed by atoms with Gasteiger partial charge >= 0.3 is 6.18 Å². The van der Waals surface area contributed by atoms with Gasteiger partial charge in [-0.15, -0.1) is 0 Å². The van der Waals surface area contributed by atoms with Gasteiger partial charge in [-0.2, -0.15) is 18.4 Å². The third-order valence-corrected chi connectivity index (χ3v) is 4.48. The van der Waals surface area contributed by atoms with Gasteiger partial charge in [0.05, 0.1) is 34.9 Å². The van der Waals surface area contributed by atoms with Crippen LogP contribution < -0.4 is 4.90 Å². The highest BCUT2D eigenvalue weighted by molar-refractivity contribution is 9.10. The number of benzene rings is 1. The fourth-order valence-electron chi connectivity index (χ4n) is 2.59. The zero-order valence-electron chi connectivity index (χ0n) is 13.5. The van der Waals surface area contributed by atoms with E-state index in [0.717, 1.165) is 16.6 Å². The van der Waals surface area contributed by atoms with Crippen molar-refractivity contribution < 1.29 is 22.3 Å². The molecule has 0 radical (unpaired) electrons. The lowest BCUT2D eigenvalue weighted by Crippen LogP contribution is -2.36. The Morgan fingerprint density at radius 2 is 1.85 bits per heavy atom. The second kappa shape index (κ2) is 7.56. The molecular weight excluding hydrogens is 413 g/mol. The highest BCUT2D eigenvalue weighted by atomic mass is 79.9. The summed E-state index contributed by atoms with van der Waals surface area (Å²) in [5.74, 6) is 1.08. The van der Waals surface area contributed by atoms with Gasteiger partial charge in [-0.3, -0.25) is 0 Å². The van der Waals surface area contributed by atoms with Crippen molar-refractivity contribution >= 4 is 33.5 Å². The number of rotatable bonds is 3. The number of furan rings is 1. The molecule has 8 heteroatoms. The number of allylic oxidation sites excluding steroid dienone is 1. The Balaban J connectivity index is 1.86. The van der Waals surface area contributed by atoms with Gasteiger partial charge in [0.25, 0.3) is 0 Å². The molecule has 136 valence electrons. The summed E-state index contributed by atoms with van der Waals surface area (Å²) < 4.78 is 49.8. The maximum atomic E-state index is 12.7. The minimum atomic E-state index is -4.41. The van der Waals surface area contributed by atoms with Gasteiger partial charge in [0.1, 0.15) is 5.76 Å². The largest absolute Gasteiger partial charge is 0.440 e. The number of hydrogen-bond acceptors (Lipinski definition) is 4. The van der Waals surface area contributed by atoms with Crippen LogP contribution in [-0.4, -0.2) is 26.3 Å². The third-order valence-electron chi connectivity index (χ3n) is 3.92. The van der Waals surface area contributed by atoms with E-state index in [2.05, 4.69) is 15.9 Å². The fraction of sp³-hybridized carbons (Fsp3) is 0.278. The Kier molecular flexibility index (Phi) is 5.39. The van der Waals surface area contributed by atoms with Gasteiger partial charge in [0, 0.05) is 19.2 Å². The van der Waals surface area contributed by atoms with Gasteiger partial charge < -0.3 is 14.1 Å². The molecule has 3 rings (SSSR count). The number of hydrogen-bond donors (Lipinski definition) is 0. The molecule has 0 amide bonds. The summed E-state index contributed by atoms with van der Waals surface area (Å²) in [6.07, 6.45) is -2.90. The van der Waals surface area contributed by atoms with Crippen molar-refractivity contribution in [1.82, 2.24) is 0 Å². The molecule has 0 saturated carbocycles. The number of morpholine rings is 1. The van der Waals surface area contributed by atoms with Gasteiger partial charge in [-0.05, 0) is 39.7 Å². The zero-order valence-corrected chi connectivity index (χ0v) is 15.1. The summed E-state index contributed by atoms with van der Waals surface area (Å²) in [4.78, 5) is 2.02. The van der Waals surface area contributed by atoms with Crippen LogP contribution in [0, 0.1) is 11.3 Å². The number of nitrogens with zero attached hydrogens (tertiary/aromatic N) is 2. The predicted molar refractivity (Wildman–Crippen MR) is 94.4 cm³/mol. The first-order chi connectivity index (χ1) is 12.4. The second-order valence-electron chi connectivity index (χ2n) is 5.65. The highest BCUT2D eigenvalue weighted by Gasteiger charge is 2.30. The van der Waals surface area contributed by atoms with E-state index in [1.54, 1.807) is 6.07 Å². The van der Waals surface area contributed by atoms with Crippen LogP contribution in [0.5, 0.6) is 0 Å². The molecule has 1 saturated heterocycles. The van der Waals surface area contributed by atoms with Crippen molar-refractivity contribution in [2.75, 3.05) is 31.2 Å². The molecule has 0 bridgehead atoms. The van der Waals surface area contributed by atoms with Crippen molar-refractivity contribution in [2.45, 2.75) is 6.18 Å². The smallest absolute Gasteiger partial charge is 0.416 e. The van der Waals surface area contributed by atoms with Crippen LogP contribution in [0.3, 0.4) is 0 Å². The molecule has 1 fully saturated rings. The Morgan fingerprint density at radius 3 is 2.42 bits per heavy atom. The highest BCUT2D eigenvalue weighted by Crippen LogP contribution is 2.33. The molecule has 2 aromatic rings. The summed E-state index contributed by atoms with van der Waals surface area (Å²) in [6.45, 7) is 2.60. The van der Waals surface area contributed by atoms with Crippen molar-refractivity contribution in [2.24, 2.45) is 0 Å². The van der Waals surface area contributed by atoms with E-state index < -0.39 is 11.7 Å². The maximum absolute atomic E-state index is 12.7. The Hall–Kier alpha value is -2.24. The molecule has 0 N–H and O–H groups in total. The lowest BCUT2D eigenvalue weighted by molar-refractivity contribution is -0.137. The Labute approximate surface area is 156 Å². The summed E-state index contributed by atoms with van der Waals surface area (Å²) in [6, 6.07) is 8.20. The van der Waals surface area contributed by atoms with Gasteiger partial charge in [0.2, 0.25) is 5.88 Å². The Bertz CT molecular complexity index is 845. The Morgan fingerprint density at radius 1 is 1.19 bits per heavy atom. The van der Waals surface area contributed by atoms with E-state index in [4.69, 9.17) is 9.15 Å². The molecule has 1 aromatic carbocycles. The second-order valence-corrected chi connectivity index (χ2v) is 6.50. The third kappa shape index (κ3) is 4.11. The number of anilines is 1. The van der Waals surface area contributed by atoms with E-state index in [0.29, 0.717) is 43.5 Å². The van der Waals surface area contributed by atoms with Crippen LogP contribution in [0.4, 0.5) is 19.1 Å². The number of halogens is 4. The molecule has 0 aliphatic carbocycles. The first-order valence-electron chi connectivity index (χ1n) is 7.80. The zero-order chi connectivity index (χ0) is 18.7. The van der Waals surface area contributed by atoms with Crippen molar-refractivity contribution in [3.8, 4) is 6.07 Å². The first-order valence-corrected chi connectivity index (χ1v) is 8.59. The average Bonchev–Trinajstić information content (AvgIpc) is 3.00. The fourth-order valence-corrected chi connectivity index (χ4v) is 3.15. The SMILES string of the molecule is N#C/C(=C/c1cc(Br)c(N2CCOCC2)o1)c1ccc(C(F)(F)F)cc1. The molecular formula is C18H14BrF3N2O2. The molecule has 0 unspecified atom stereocenters. The average molecular weight is 427 g/mol. The lowest BCUT2D eigenvalue weighted by atomic mass is 10.0. The summed E-state index contributed by atoms with van der Waals surface area (Å²) >= 11 is 3.44. The van der Waals surface area contributed by atoms with E-state index in [1.807, 2.05) is 11.0 Å². The summed E-state index contributed by atoms with van der Waals surface area (Å²) in [5, 5.41) is 9.37. The van der Waals surface area contributed by atoms with Crippen molar-refractivity contribution in [3.63, 3.8) is 0 Å².